The zero-order valence-electron chi connectivity index (χ0n) is 17.6. The molecular formula is C22H26F4N2O2. The Labute approximate surface area is 173 Å². The smallest absolute Gasteiger partial charge is 0.416 e. The van der Waals surface area contributed by atoms with Gasteiger partial charge in [-0.15, -0.1) is 0 Å². The van der Waals surface area contributed by atoms with Crippen LogP contribution in [0.5, 0.6) is 0 Å². The molecule has 1 aromatic carbocycles. The predicted octanol–water partition coefficient (Wildman–Crippen LogP) is 5.61. The normalized spacial score (nSPS) is 24.9. The minimum absolute atomic E-state index is 0.0125. The second kappa shape index (κ2) is 7.93. The van der Waals surface area contributed by atoms with Gasteiger partial charge < -0.3 is 10.4 Å². The van der Waals surface area contributed by atoms with Gasteiger partial charge in [-0.1, -0.05) is 33.8 Å². The average molecular weight is 426 g/mol. The number of hydrogen-bond donors (Lipinski definition) is 2. The van der Waals surface area contributed by atoms with E-state index in [-0.39, 0.29) is 12.0 Å². The molecule has 164 valence electrons. The molecule has 1 heterocycles. The second-order valence-electron chi connectivity index (χ2n) is 9.00. The molecule has 0 saturated carbocycles. The van der Waals surface area contributed by atoms with Crippen molar-refractivity contribution in [3.63, 3.8) is 0 Å². The van der Waals surface area contributed by atoms with Crippen molar-refractivity contribution in [3.8, 4) is 6.07 Å². The highest BCUT2D eigenvalue weighted by Gasteiger charge is 2.58. The lowest BCUT2D eigenvalue weighted by molar-refractivity contribution is -0.156. The fourth-order valence-corrected chi connectivity index (χ4v) is 4.67. The first-order valence-corrected chi connectivity index (χ1v) is 9.66. The second-order valence-corrected chi connectivity index (χ2v) is 9.00. The molecule has 1 aromatic rings. The van der Waals surface area contributed by atoms with Gasteiger partial charge in [0.25, 0.3) is 0 Å². The monoisotopic (exact) mass is 426 g/mol. The van der Waals surface area contributed by atoms with Crippen LogP contribution < -0.4 is 5.32 Å². The van der Waals surface area contributed by atoms with Crippen LogP contribution in [0.2, 0.25) is 0 Å². The number of carbonyl (C=O) groups is 1. The summed E-state index contributed by atoms with van der Waals surface area (Å²) in [6.45, 7) is 8.69. The topological polar surface area (TPSA) is 73.1 Å². The Balaban J connectivity index is 3.00. The van der Waals surface area contributed by atoms with E-state index in [1.807, 2.05) is 6.07 Å². The molecule has 0 bridgehead atoms. The first-order chi connectivity index (χ1) is 13.7. The Hall–Kier alpha value is -2.56. The lowest BCUT2D eigenvalue weighted by Crippen LogP contribution is -2.58. The van der Waals surface area contributed by atoms with E-state index < -0.39 is 51.9 Å². The van der Waals surface area contributed by atoms with E-state index in [9.17, 15) is 32.7 Å². The van der Waals surface area contributed by atoms with Crippen LogP contribution in [0.25, 0.3) is 0 Å². The number of nitrogens with zero attached hydrogens (tertiary/aromatic N) is 1. The molecule has 0 radical (unpaired) electrons. The van der Waals surface area contributed by atoms with Crippen LogP contribution >= 0.6 is 0 Å². The van der Waals surface area contributed by atoms with E-state index >= 15 is 0 Å². The molecule has 2 N–H and O–H groups in total. The van der Waals surface area contributed by atoms with Gasteiger partial charge in [-0.05, 0) is 42.9 Å². The molecule has 8 heteroatoms. The van der Waals surface area contributed by atoms with Crippen LogP contribution in [0, 0.1) is 28.0 Å². The van der Waals surface area contributed by atoms with E-state index in [1.165, 1.54) is 0 Å². The van der Waals surface area contributed by atoms with Gasteiger partial charge in [0.15, 0.2) is 0 Å². The van der Waals surface area contributed by atoms with Crippen molar-refractivity contribution >= 4 is 5.97 Å². The number of alkyl halides is 3. The third kappa shape index (κ3) is 4.16. The number of nitrogens with one attached hydrogen (secondary N) is 1. The molecule has 3 atom stereocenters. The Bertz CT molecular complexity index is 909. The molecule has 2 rings (SSSR count). The molecule has 0 amide bonds. The minimum Gasteiger partial charge on any atom is -0.481 e. The fourth-order valence-electron chi connectivity index (χ4n) is 4.67. The first kappa shape index (κ1) is 23.7. The summed E-state index contributed by atoms with van der Waals surface area (Å²) in [5.41, 5.74) is -3.72. The van der Waals surface area contributed by atoms with Crippen LogP contribution in [-0.4, -0.2) is 17.1 Å². The highest BCUT2D eigenvalue weighted by atomic mass is 19.4. The Morgan fingerprint density at radius 2 is 1.90 bits per heavy atom. The zero-order valence-corrected chi connectivity index (χ0v) is 17.6. The number of nitriles is 1. The highest BCUT2D eigenvalue weighted by molar-refractivity contribution is 5.80. The van der Waals surface area contributed by atoms with E-state index in [0.29, 0.717) is 18.2 Å². The van der Waals surface area contributed by atoms with Crippen molar-refractivity contribution in [3.05, 3.63) is 46.4 Å². The number of allylic oxidation sites excluding steroid dienone is 2. The first-order valence-electron chi connectivity index (χ1n) is 9.66. The van der Waals surface area contributed by atoms with Gasteiger partial charge in [0, 0.05) is 17.7 Å². The third-order valence-corrected chi connectivity index (χ3v) is 5.60. The maximum absolute atomic E-state index is 13.9. The summed E-state index contributed by atoms with van der Waals surface area (Å²) in [5.74, 6) is -3.76. The largest absolute Gasteiger partial charge is 0.481 e. The van der Waals surface area contributed by atoms with Crippen molar-refractivity contribution in [2.45, 2.75) is 65.6 Å². The van der Waals surface area contributed by atoms with Crippen LogP contribution in [0.15, 0.2) is 29.5 Å². The van der Waals surface area contributed by atoms with Crippen LogP contribution in [-0.2, 0) is 11.0 Å². The van der Waals surface area contributed by atoms with Crippen LogP contribution in [0.3, 0.4) is 0 Å². The van der Waals surface area contributed by atoms with Gasteiger partial charge in [-0.2, -0.15) is 18.4 Å². The Morgan fingerprint density at radius 1 is 1.30 bits per heavy atom. The van der Waals surface area contributed by atoms with Gasteiger partial charge >= 0.3 is 12.1 Å². The molecule has 1 aliphatic rings. The van der Waals surface area contributed by atoms with Crippen molar-refractivity contribution in [2.24, 2.45) is 10.8 Å². The van der Waals surface area contributed by atoms with Gasteiger partial charge in [0.05, 0.1) is 22.6 Å². The summed E-state index contributed by atoms with van der Waals surface area (Å²) >= 11 is 0. The van der Waals surface area contributed by atoms with Gasteiger partial charge in [0.2, 0.25) is 0 Å². The standard InChI is InChI=1S/C22H26F4N2O2/c1-6-17-21(19(29)30,11-20(3,4)5)18(15(10-27)12(2)28-17)14-8-7-13(23)9-16(14)22(24,25)26/h7-9,17-18,28H,6,11H2,1-5H3,(H,29,30). The maximum Gasteiger partial charge on any atom is 0.416 e. The highest BCUT2D eigenvalue weighted by Crippen LogP contribution is 2.55. The lowest BCUT2D eigenvalue weighted by Gasteiger charge is -2.50. The van der Waals surface area contributed by atoms with Gasteiger partial charge in [-0.25, -0.2) is 4.39 Å². The molecule has 30 heavy (non-hydrogen) atoms. The average Bonchev–Trinajstić information content (AvgIpc) is 2.60. The molecule has 1 aliphatic heterocycles. The molecule has 4 nitrogen and oxygen atoms in total. The van der Waals surface area contributed by atoms with Crippen LogP contribution in [0.1, 0.15) is 64.5 Å². The molecule has 3 unspecified atom stereocenters. The van der Waals surface area contributed by atoms with E-state index in [1.54, 1.807) is 34.6 Å². The van der Waals surface area contributed by atoms with Crippen LogP contribution in [0.4, 0.5) is 17.6 Å². The number of rotatable bonds is 4. The summed E-state index contributed by atoms with van der Waals surface area (Å²) in [7, 11) is 0. The number of aliphatic carboxylic acids is 1. The molecular weight excluding hydrogens is 400 g/mol. The molecule has 0 fully saturated rings. The number of hydrogen-bond acceptors (Lipinski definition) is 3. The predicted molar refractivity (Wildman–Crippen MR) is 104 cm³/mol. The summed E-state index contributed by atoms with van der Waals surface area (Å²) in [4.78, 5) is 12.8. The van der Waals surface area contributed by atoms with Crippen molar-refractivity contribution in [2.75, 3.05) is 0 Å². The Kier molecular flexibility index (Phi) is 6.27. The quantitative estimate of drug-likeness (QED) is 0.614. The summed E-state index contributed by atoms with van der Waals surface area (Å²) in [6, 6.07) is 3.42. The van der Waals surface area contributed by atoms with Crippen molar-refractivity contribution in [1.29, 1.82) is 5.26 Å². The lowest BCUT2D eigenvalue weighted by atomic mass is 9.56. The molecule has 0 spiro atoms. The minimum atomic E-state index is -4.91. The summed E-state index contributed by atoms with van der Waals surface area (Å²) in [6.07, 6.45) is -4.58. The molecule has 0 aromatic heterocycles. The summed E-state index contributed by atoms with van der Waals surface area (Å²) in [5, 5.41) is 23.3. The number of halogens is 4. The number of carboxylic acids is 1. The SMILES string of the molecule is CCC1NC(C)=C(C#N)C(c2ccc(F)cc2C(F)(F)F)C1(CC(C)(C)C)C(=O)O. The number of carboxylic acid groups (broad SMARTS) is 1. The molecule has 0 saturated heterocycles. The zero-order chi connectivity index (χ0) is 23.1. The Morgan fingerprint density at radius 3 is 2.33 bits per heavy atom. The third-order valence-electron chi connectivity index (χ3n) is 5.60. The van der Waals surface area contributed by atoms with Gasteiger partial charge in [0.1, 0.15) is 5.82 Å². The van der Waals surface area contributed by atoms with Gasteiger partial charge in [-0.3, -0.25) is 4.79 Å². The van der Waals surface area contributed by atoms with E-state index in [2.05, 4.69) is 5.32 Å². The maximum atomic E-state index is 13.9. The summed E-state index contributed by atoms with van der Waals surface area (Å²) < 4.78 is 55.3. The van der Waals surface area contributed by atoms with E-state index in [0.717, 1.165) is 12.1 Å². The van der Waals surface area contributed by atoms with Crippen molar-refractivity contribution < 1.29 is 27.5 Å². The van der Waals surface area contributed by atoms with E-state index in [4.69, 9.17) is 0 Å². The van der Waals surface area contributed by atoms with Crippen molar-refractivity contribution in [1.82, 2.24) is 5.32 Å². The number of benzene rings is 1. The fraction of sp³-hybridized carbons (Fsp3) is 0.545. The molecule has 0 aliphatic carbocycles.